The summed E-state index contributed by atoms with van der Waals surface area (Å²) in [5, 5.41) is 12.6. The van der Waals surface area contributed by atoms with E-state index in [1.165, 1.54) is 18.2 Å². The number of carbonyl (C=O) groups is 3. The molecule has 60 heavy (non-hydrogen) atoms. The number of carbonyl (C=O) groups excluding carboxylic acids is 3. The van der Waals surface area contributed by atoms with Gasteiger partial charge in [0.15, 0.2) is 0 Å². The Kier molecular flexibility index (Phi) is 10.5. The second kappa shape index (κ2) is 15.7. The van der Waals surface area contributed by atoms with Gasteiger partial charge in [-0.3, -0.25) is 24.6 Å². The first kappa shape index (κ1) is 40.2. The molecule has 1 saturated carbocycles. The Labute approximate surface area is 345 Å². The van der Waals surface area contributed by atoms with Gasteiger partial charge in [-0.15, -0.1) is 0 Å². The lowest BCUT2D eigenvalue weighted by atomic mass is 9.62. The van der Waals surface area contributed by atoms with Crippen LogP contribution >= 0.6 is 0 Å². The molecule has 2 N–H and O–H groups in total. The third-order valence-corrected chi connectivity index (χ3v) is 13.7. The summed E-state index contributed by atoms with van der Waals surface area (Å²) in [4.78, 5) is 46.0. The fourth-order valence-electron chi connectivity index (χ4n) is 10.4. The van der Waals surface area contributed by atoms with E-state index in [4.69, 9.17) is 0 Å². The topological polar surface area (TPSA) is 96.4 Å². The van der Waals surface area contributed by atoms with E-state index in [1.807, 2.05) is 36.4 Å². The van der Waals surface area contributed by atoms with Crippen molar-refractivity contribution in [2.45, 2.75) is 75.0 Å². The molecular formula is C46H48F5N5O4. The number of piperazine rings is 1. The molecule has 4 fully saturated rings. The number of rotatable bonds is 7. The number of alkyl halides is 5. The number of hydrogen-bond donors (Lipinski definition) is 2. The lowest BCUT2D eigenvalue weighted by molar-refractivity contribution is -0.138. The third kappa shape index (κ3) is 7.78. The van der Waals surface area contributed by atoms with Crippen LogP contribution in [0.15, 0.2) is 90.2 Å². The van der Waals surface area contributed by atoms with Crippen LogP contribution in [-0.4, -0.2) is 90.4 Å². The second-order valence-electron chi connectivity index (χ2n) is 17.3. The summed E-state index contributed by atoms with van der Waals surface area (Å²) in [5.41, 5.74) is 4.54. The molecule has 9 rings (SSSR count). The highest BCUT2D eigenvalue weighted by molar-refractivity contribution is 6.05. The molecule has 3 aromatic carbocycles. The van der Waals surface area contributed by atoms with Gasteiger partial charge in [-0.25, -0.2) is 8.78 Å². The minimum absolute atomic E-state index is 0.103. The van der Waals surface area contributed by atoms with Gasteiger partial charge in [0.1, 0.15) is 6.04 Å². The molecule has 3 amide bonds. The molecule has 3 saturated heterocycles. The van der Waals surface area contributed by atoms with E-state index in [0.29, 0.717) is 35.6 Å². The van der Waals surface area contributed by atoms with E-state index in [2.05, 4.69) is 26.1 Å². The number of aliphatic hydroxyl groups excluding tert-OH is 1. The predicted molar refractivity (Wildman–Crippen MR) is 216 cm³/mol. The van der Waals surface area contributed by atoms with Crippen molar-refractivity contribution in [3.05, 3.63) is 118 Å². The number of allylic oxidation sites excluding steroid dienone is 4. The number of imide groups is 1. The van der Waals surface area contributed by atoms with Crippen molar-refractivity contribution in [2.75, 3.05) is 55.6 Å². The molecule has 0 bridgehead atoms. The van der Waals surface area contributed by atoms with Gasteiger partial charge in [-0.1, -0.05) is 35.9 Å². The summed E-state index contributed by atoms with van der Waals surface area (Å²) in [6.45, 7) is 6.71. The minimum atomic E-state index is -4.53. The van der Waals surface area contributed by atoms with Gasteiger partial charge in [0, 0.05) is 100 Å². The number of anilines is 2. The molecule has 2 aliphatic carbocycles. The first-order valence-electron chi connectivity index (χ1n) is 21.0. The molecule has 316 valence electrons. The predicted octanol–water partition coefficient (Wildman–Crippen LogP) is 7.80. The van der Waals surface area contributed by atoms with Crippen LogP contribution in [0.25, 0.3) is 0 Å². The Morgan fingerprint density at radius 1 is 0.783 bits per heavy atom. The summed E-state index contributed by atoms with van der Waals surface area (Å²) in [5.74, 6) is -6.02. The zero-order valence-corrected chi connectivity index (χ0v) is 33.1. The Morgan fingerprint density at radius 3 is 2.13 bits per heavy atom. The van der Waals surface area contributed by atoms with Crippen LogP contribution in [0.4, 0.5) is 33.3 Å². The SMILES string of the molecule is O=C1CC[C@H](N2Cc3cc(N4CCN(CC5CCN(c6ccc([C@@H]7C8=CC=C(O)CC8C(F)(F)C[C@@H]7c7ccc(C(F)(F)F)cc7)cc6)CC5)CC4)ccc3C2=O)C(=O)N1. The number of halogens is 5. The first-order chi connectivity index (χ1) is 28.7. The molecule has 9 nitrogen and oxygen atoms in total. The summed E-state index contributed by atoms with van der Waals surface area (Å²) in [6.07, 6.45) is 0.416. The van der Waals surface area contributed by atoms with Crippen LogP contribution in [0, 0.1) is 11.8 Å². The molecule has 4 heterocycles. The number of fused-ring (bicyclic) bond motifs is 2. The lowest BCUT2D eigenvalue weighted by Crippen LogP contribution is -2.52. The highest BCUT2D eigenvalue weighted by Crippen LogP contribution is 2.58. The van der Waals surface area contributed by atoms with Gasteiger partial charge in [0.05, 0.1) is 17.2 Å². The lowest BCUT2D eigenvalue weighted by Gasteiger charge is -2.45. The summed E-state index contributed by atoms with van der Waals surface area (Å²) in [7, 11) is 0. The monoisotopic (exact) mass is 829 g/mol. The van der Waals surface area contributed by atoms with Gasteiger partial charge in [0.25, 0.3) is 11.8 Å². The van der Waals surface area contributed by atoms with Crippen molar-refractivity contribution in [1.29, 1.82) is 0 Å². The van der Waals surface area contributed by atoms with Crippen LogP contribution < -0.4 is 15.1 Å². The summed E-state index contributed by atoms with van der Waals surface area (Å²) in [6, 6.07) is 17.8. The Bertz CT molecular complexity index is 2210. The smallest absolute Gasteiger partial charge is 0.416 e. The molecule has 6 aliphatic rings. The number of amides is 3. The van der Waals surface area contributed by atoms with Crippen molar-refractivity contribution < 1.29 is 41.4 Å². The molecule has 1 unspecified atom stereocenters. The maximum Gasteiger partial charge on any atom is 0.416 e. The fourth-order valence-corrected chi connectivity index (χ4v) is 10.4. The van der Waals surface area contributed by atoms with Crippen LogP contribution in [0.3, 0.4) is 0 Å². The van der Waals surface area contributed by atoms with E-state index in [9.17, 15) is 32.7 Å². The van der Waals surface area contributed by atoms with Crippen molar-refractivity contribution in [2.24, 2.45) is 11.8 Å². The number of hydrogen-bond acceptors (Lipinski definition) is 7. The molecule has 4 aliphatic heterocycles. The third-order valence-electron chi connectivity index (χ3n) is 13.7. The van der Waals surface area contributed by atoms with E-state index in [1.54, 1.807) is 11.0 Å². The van der Waals surface area contributed by atoms with Crippen LogP contribution in [0.2, 0.25) is 0 Å². The van der Waals surface area contributed by atoms with Crippen LogP contribution in [0.1, 0.15) is 83.0 Å². The fraction of sp³-hybridized carbons (Fsp3) is 0.457. The van der Waals surface area contributed by atoms with Gasteiger partial charge in [-0.05, 0) is 90.4 Å². The highest BCUT2D eigenvalue weighted by Gasteiger charge is 2.53. The van der Waals surface area contributed by atoms with E-state index in [-0.39, 0.29) is 30.4 Å². The minimum Gasteiger partial charge on any atom is -0.512 e. The van der Waals surface area contributed by atoms with Crippen LogP contribution in [-0.2, 0) is 22.3 Å². The molecular weight excluding hydrogens is 782 g/mol. The van der Waals surface area contributed by atoms with Crippen molar-refractivity contribution >= 4 is 29.1 Å². The van der Waals surface area contributed by atoms with Gasteiger partial charge in [-0.2, -0.15) is 13.2 Å². The normalized spacial score (nSPS) is 26.4. The maximum absolute atomic E-state index is 15.7. The van der Waals surface area contributed by atoms with Crippen molar-refractivity contribution in [3.8, 4) is 0 Å². The molecule has 4 atom stereocenters. The Balaban J connectivity index is 0.802. The van der Waals surface area contributed by atoms with E-state index < -0.39 is 53.8 Å². The molecule has 14 heteroatoms. The summed E-state index contributed by atoms with van der Waals surface area (Å²) >= 11 is 0. The van der Waals surface area contributed by atoms with Gasteiger partial charge in [0.2, 0.25) is 11.8 Å². The number of nitrogens with zero attached hydrogens (tertiary/aromatic N) is 4. The number of nitrogens with one attached hydrogen (secondary N) is 1. The van der Waals surface area contributed by atoms with Crippen LogP contribution in [0.5, 0.6) is 0 Å². The maximum atomic E-state index is 15.7. The van der Waals surface area contributed by atoms with E-state index in [0.717, 1.165) is 93.3 Å². The highest BCUT2D eigenvalue weighted by atomic mass is 19.4. The second-order valence-corrected chi connectivity index (χ2v) is 17.3. The first-order valence-corrected chi connectivity index (χ1v) is 21.0. The van der Waals surface area contributed by atoms with Gasteiger partial charge < -0.3 is 19.8 Å². The average molecular weight is 830 g/mol. The molecule has 0 aromatic heterocycles. The quantitative estimate of drug-likeness (QED) is 0.186. The molecule has 0 radical (unpaired) electrons. The van der Waals surface area contributed by atoms with E-state index >= 15 is 8.78 Å². The number of benzene rings is 3. The zero-order chi connectivity index (χ0) is 41.9. The molecule has 3 aromatic rings. The Morgan fingerprint density at radius 2 is 1.45 bits per heavy atom. The summed E-state index contributed by atoms with van der Waals surface area (Å²) < 4.78 is 71.6. The number of aliphatic hydroxyl groups is 1. The zero-order valence-electron chi connectivity index (χ0n) is 33.1. The number of piperidine rings is 2. The molecule has 0 spiro atoms. The average Bonchev–Trinajstić information content (AvgIpc) is 3.56. The van der Waals surface area contributed by atoms with Crippen molar-refractivity contribution in [3.63, 3.8) is 0 Å². The standard InChI is InChI=1S/C46H48F5N5O4/c47-45(48)25-38(29-1-5-32(6-2-29)46(49,50)51)42(37-12-10-35(57)24-39(37)45)30-3-7-33(8-4-30)54-17-15-28(16-18-54)26-53-19-21-55(22-20-53)34-9-11-36-31(23-34)27-56(44(36)60)40-13-14-41(58)52-43(40)59/h1-12,23,28,38-40,42,57H,13-22,24-27H2,(H,52,58,59)/t38-,39?,40+,42-/m1/s1. The largest absolute Gasteiger partial charge is 0.512 e. The van der Waals surface area contributed by atoms with Gasteiger partial charge >= 0.3 is 6.18 Å². The van der Waals surface area contributed by atoms with Crippen molar-refractivity contribution in [1.82, 2.24) is 15.1 Å². The Hall–Kier alpha value is -5.24.